The summed E-state index contributed by atoms with van der Waals surface area (Å²) >= 11 is 5.91. The molecular formula is C23H27ClN4O4. The quantitative estimate of drug-likeness (QED) is 0.521. The van der Waals surface area contributed by atoms with Crippen molar-refractivity contribution in [2.24, 2.45) is 0 Å². The van der Waals surface area contributed by atoms with Crippen LogP contribution in [0.5, 0.6) is 0 Å². The number of rotatable bonds is 9. The second-order valence-corrected chi connectivity index (χ2v) is 8.23. The van der Waals surface area contributed by atoms with Gasteiger partial charge in [-0.25, -0.2) is 0 Å². The van der Waals surface area contributed by atoms with E-state index in [2.05, 4.69) is 20.4 Å². The molecule has 0 aliphatic carbocycles. The van der Waals surface area contributed by atoms with E-state index in [1.165, 1.54) is 0 Å². The van der Waals surface area contributed by atoms with Crippen molar-refractivity contribution in [3.05, 3.63) is 58.8 Å². The van der Waals surface area contributed by atoms with E-state index in [9.17, 15) is 4.79 Å². The number of halogens is 1. The van der Waals surface area contributed by atoms with Crippen molar-refractivity contribution in [3.8, 4) is 11.4 Å². The van der Waals surface area contributed by atoms with Gasteiger partial charge in [-0.15, -0.1) is 0 Å². The highest BCUT2D eigenvalue weighted by molar-refractivity contribution is 6.30. The van der Waals surface area contributed by atoms with Gasteiger partial charge in [-0.1, -0.05) is 16.8 Å². The van der Waals surface area contributed by atoms with Crippen LogP contribution in [0.15, 0.2) is 45.3 Å². The molecule has 32 heavy (non-hydrogen) atoms. The van der Waals surface area contributed by atoms with Crippen LogP contribution in [0, 0.1) is 6.92 Å². The zero-order valence-corrected chi connectivity index (χ0v) is 18.8. The van der Waals surface area contributed by atoms with Crippen LogP contribution < -0.4 is 5.32 Å². The van der Waals surface area contributed by atoms with Crippen LogP contribution in [0.4, 0.5) is 0 Å². The Morgan fingerprint density at radius 1 is 1.19 bits per heavy atom. The van der Waals surface area contributed by atoms with Crippen molar-refractivity contribution in [1.29, 1.82) is 0 Å². The Hall–Kier alpha value is -2.68. The Kier molecular flexibility index (Phi) is 7.57. The minimum absolute atomic E-state index is 0.00516. The molecule has 2 aromatic heterocycles. The Balaban J connectivity index is 1.25. The molecule has 1 fully saturated rings. The number of ether oxygens (including phenoxy) is 1. The molecule has 0 spiro atoms. The predicted octanol–water partition coefficient (Wildman–Crippen LogP) is 3.80. The topological polar surface area (TPSA) is 93.6 Å². The first-order valence-corrected chi connectivity index (χ1v) is 11.2. The van der Waals surface area contributed by atoms with Crippen LogP contribution in [0.3, 0.4) is 0 Å². The van der Waals surface area contributed by atoms with Crippen LogP contribution >= 0.6 is 11.6 Å². The lowest BCUT2D eigenvalue weighted by atomic mass is 10.1. The van der Waals surface area contributed by atoms with Gasteiger partial charge in [0.2, 0.25) is 17.6 Å². The summed E-state index contributed by atoms with van der Waals surface area (Å²) in [4.78, 5) is 19.1. The summed E-state index contributed by atoms with van der Waals surface area (Å²) in [6.07, 6.45) is 1.54. The summed E-state index contributed by atoms with van der Waals surface area (Å²) < 4.78 is 16.6. The van der Waals surface area contributed by atoms with Crippen LogP contribution in [-0.2, 0) is 16.0 Å². The third-order valence-electron chi connectivity index (χ3n) is 5.43. The Bertz CT molecular complexity index is 1010. The third kappa shape index (κ3) is 5.97. The van der Waals surface area contributed by atoms with Crippen LogP contribution in [0.2, 0.25) is 5.02 Å². The second-order valence-electron chi connectivity index (χ2n) is 7.79. The maximum absolute atomic E-state index is 12.5. The molecule has 1 saturated heterocycles. The first-order valence-electron chi connectivity index (χ1n) is 10.8. The first kappa shape index (κ1) is 22.5. The van der Waals surface area contributed by atoms with E-state index in [1.807, 2.05) is 31.2 Å². The normalized spacial score (nSPS) is 15.6. The van der Waals surface area contributed by atoms with E-state index >= 15 is 0 Å². The molecule has 1 atom stereocenters. The van der Waals surface area contributed by atoms with Crippen LogP contribution in [0.25, 0.3) is 11.4 Å². The fourth-order valence-corrected chi connectivity index (χ4v) is 3.83. The lowest BCUT2D eigenvalue weighted by molar-refractivity contribution is -0.121. The average Bonchev–Trinajstić information content (AvgIpc) is 3.45. The highest BCUT2D eigenvalue weighted by atomic mass is 35.5. The number of benzene rings is 1. The minimum atomic E-state index is -0.0102. The molecule has 1 unspecified atom stereocenters. The zero-order chi connectivity index (χ0) is 22.3. The minimum Gasteiger partial charge on any atom is -0.465 e. The Morgan fingerprint density at radius 3 is 2.69 bits per heavy atom. The van der Waals surface area contributed by atoms with Gasteiger partial charge >= 0.3 is 0 Å². The lowest BCUT2D eigenvalue weighted by Crippen LogP contribution is -2.43. The van der Waals surface area contributed by atoms with Gasteiger partial charge in [0.25, 0.3) is 0 Å². The van der Waals surface area contributed by atoms with Gasteiger partial charge < -0.3 is 19.0 Å². The Labute approximate surface area is 191 Å². The van der Waals surface area contributed by atoms with Gasteiger partial charge in [0, 0.05) is 43.1 Å². The molecule has 8 nitrogen and oxygen atoms in total. The van der Waals surface area contributed by atoms with E-state index in [4.69, 9.17) is 25.3 Å². The number of nitrogens with zero attached hydrogens (tertiary/aromatic N) is 3. The van der Waals surface area contributed by atoms with Crippen molar-refractivity contribution in [2.75, 3.05) is 32.8 Å². The maximum Gasteiger partial charge on any atom is 0.226 e. The standard InChI is InChI=1S/C23H27ClN4O4/c1-16-5-10-20(31-16)19(28-11-13-30-14-12-28)15-25-21(29)3-2-4-22-26-23(27-32-22)17-6-8-18(24)9-7-17/h5-10,19H,2-4,11-15H2,1H3,(H,25,29). The summed E-state index contributed by atoms with van der Waals surface area (Å²) in [6, 6.07) is 11.2. The highest BCUT2D eigenvalue weighted by Gasteiger charge is 2.25. The number of aryl methyl sites for hydroxylation is 2. The molecule has 1 aliphatic heterocycles. The van der Waals surface area contributed by atoms with Gasteiger partial charge in [0.05, 0.1) is 19.3 Å². The smallest absolute Gasteiger partial charge is 0.226 e. The zero-order valence-electron chi connectivity index (χ0n) is 18.1. The molecule has 3 aromatic rings. The summed E-state index contributed by atoms with van der Waals surface area (Å²) in [5.74, 6) is 2.75. The van der Waals surface area contributed by atoms with Crippen molar-refractivity contribution >= 4 is 17.5 Å². The SMILES string of the molecule is Cc1ccc(C(CNC(=O)CCCc2nc(-c3ccc(Cl)cc3)no2)N2CCOCC2)o1. The molecule has 0 radical (unpaired) electrons. The van der Waals surface area contributed by atoms with E-state index < -0.39 is 0 Å². The van der Waals surface area contributed by atoms with Crippen molar-refractivity contribution in [2.45, 2.75) is 32.2 Å². The lowest BCUT2D eigenvalue weighted by Gasteiger charge is -2.33. The first-order chi connectivity index (χ1) is 15.6. The van der Waals surface area contributed by atoms with Gasteiger partial charge in [0.15, 0.2) is 0 Å². The molecule has 3 heterocycles. The molecule has 1 aliphatic rings. The van der Waals surface area contributed by atoms with Gasteiger partial charge in [-0.3, -0.25) is 9.69 Å². The number of carbonyl (C=O) groups is 1. The summed E-state index contributed by atoms with van der Waals surface area (Å²) in [6.45, 7) is 5.42. The largest absolute Gasteiger partial charge is 0.465 e. The number of hydrogen-bond acceptors (Lipinski definition) is 7. The number of nitrogens with one attached hydrogen (secondary N) is 1. The number of amides is 1. The monoisotopic (exact) mass is 458 g/mol. The average molecular weight is 459 g/mol. The maximum atomic E-state index is 12.5. The summed E-state index contributed by atoms with van der Waals surface area (Å²) in [5.41, 5.74) is 0.837. The predicted molar refractivity (Wildman–Crippen MR) is 119 cm³/mol. The summed E-state index contributed by atoms with van der Waals surface area (Å²) in [7, 11) is 0. The molecule has 0 saturated carbocycles. The van der Waals surface area contributed by atoms with Gasteiger partial charge in [-0.05, 0) is 49.7 Å². The second kappa shape index (κ2) is 10.8. The van der Waals surface area contributed by atoms with E-state index in [0.29, 0.717) is 55.8 Å². The van der Waals surface area contributed by atoms with Crippen molar-refractivity contribution < 1.29 is 18.5 Å². The molecule has 4 rings (SSSR count). The van der Waals surface area contributed by atoms with Crippen molar-refractivity contribution in [3.63, 3.8) is 0 Å². The Morgan fingerprint density at radius 2 is 1.97 bits per heavy atom. The van der Waals surface area contributed by atoms with E-state index in [1.54, 1.807) is 12.1 Å². The van der Waals surface area contributed by atoms with Crippen LogP contribution in [-0.4, -0.2) is 53.8 Å². The summed E-state index contributed by atoms with van der Waals surface area (Å²) in [5, 5.41) is 7.71. The number of furan rings is 1. The molecule has 9 heteroatoms. The van der Waals surface area contributed by atoms with E-state index in [-0.39, 0.29) is 11.9 Å². The number of aromatic nitrogens is 2. The van der Waals surface area contributed by atoms with Gasteiger partial charge in [0.1, 0.15) is 11.5 Å². The number of hydrogen-bond donors (Lipinski definition) is 1. The van der Waals surface area contributed by atoms with Gasteiger partial charge in [-0.2, -0.15) is 4.98 Å². The molecule has 1 aromatic carbocycles. The van der Waals surface area contributed by atoms with Crippen molar-refractivity contribution in [1.82, 2.24) is 20.4 Å². The van der Waals surface area contributed by atoms with Crippen LogP contribution in [0.1, 0.15) is 36.3 Å². The third-order valence-corrected chi connectivity index (χ3v) is 5.69. The molecule has 170 valence electrons. The number of morpholine rings is 1. The highest BCUT2D eigenvalue weighted by Crippen LogP contribution is 2.23. The molecule has 1 N–H and O–H groups in total. The number of carbonyl (C=O) groups excluding carboxylic acids is 1. The van der Waals surface area contributed by atoms with E-state index in [0.717, 1.165) is 30.2 Å². The molecule has 1 amide bonds. The molecule has 0 bridgehead atoms. The fourth-order valence-electron chi connectivity index (χ4n) is 3.70. The molecular weight excluding hydrogens is 432 g/mol. The fraction of sp³-hybridized carbons (Fsp3) is 0.435.